The number of aliphatic hydroxyl groups excluding tert-OH is 1. The third kappa shape index (κ3) is 5.33. The van der Waals surface area contributed by atoms with Gasteiger partial charge in [-0.15, -0.1) is 11.3 Å². The minimum Gasteiger partial charge on any atom is -0.396 e. The van der Waals surface area contributed by atoms with E-state index in [4.69, 9.17) is 0 Å². The molecular weight excluding hydrogens is 354 g/mol. The van der Waals surface area contributed by atoms with Crippen LogP contribution in [0, 0.1) is 0 Å². The van der Waals surface area contributed by atoms with E-state index in [1.807, 2.05) is 11.3 Å². The molecule has 152 valence electrons. The van der Waals surface area contributed by atoms with Gasteiger partial charge in [0.2, 0.25) is 0 Å². The summed E-state index contributed by atoms with van der Waals surface area (Å²) >= 11 is 2.01. The van der Waals surface area contributed by atoms with E-state index in [0.717, 1.165) is 32.1 Å². The molecule has 0 bridgehead atoms. The van der Waals surface area contributed by atoms with Crippen LogP contribution in [-0.2, 0) is 13.1 Å². The summed E-state index contributed by atoms with van der Waals surface area (Å²) in [6.45, 7) is 8.59. The van der Waals surface area contributed by atoms with Gasteiger partial charge < -0.3 is 5.11 Å². The lowest BCUT2D eigenvalue weighted by molar-refractivity contribution is 0.0271. The molecule has 1 atom stereocenters. The lowest BCUT2D eigenvalue weighted by atomic mass is 10.0. The van der Waals surface area contributed by atoms with Gasteiger partial charge in [0.25, 0.3) is 0 Å². The van der Waals surface area contributed by atoms with Crippen molar-refractivity contribution in [1.29, 1.82) is 0 Å². The molecule has 2 saturated heterocycles. The third-order valence-electron chi connectivity index (χ3n) is 6.79. The molecule has 3 fully saturated rings. The van der Waals surface area contributed by atoms with Crippen LogP contribution in [0.4, 0.5) is 0 Å². The molecule has 1 N–H and O–H groups in total. The molecule has 2 aliphatic heterocycles. The molecule has 1 aromatic rings. The maximum Gasteiger partial charge on any atom is 0.0446 e. The van der Waals surface area contributed by atoms with Crippen molar-refractivity contribution in [2.75, 3.05) is 39.3 Å². The first-order chi connectivity index (χ1) is 13.3. The van der Waals surface area contributed by atoms with E-state index in [1.165, 1.54) is 80.9 Å². The second kappa shape index (κ2) is 9.84. The van der Waals surface area contributed by atoms with Crippen LogP contribution in [0.3, 0.4) is 0 Å². The van der Waals surface area contributed by atoms with Gasteiger partial charge >= 0.3 is 0 Å². The number of hydrogen-bond donors (Lipinski definition) is 1. The molecule has 1 unspecified atom stereocenters. The summed E-state index contributed by atoms with van der Waals surface area (Å²) in [6, 6.07) is 6.03. The smallest absolute Gasteiger partial charge is 0.0446 e. The normalized spacial score (nSPS) is 26.8. The van der Waals surface area contributed by atoms with E-state index in [2.05, 4.69) is 26.8 Å². The van der Waals surface area contributed by atoms with Crippen LogP contribution >= 0.6 is 11.3 Å². The van der Waals surface area contributed by atoms with E-state index in [9.17, 15) is 5.11 Å². The van der Waals surface area contributed by atoms with E-state index in [1.54, 1.807) is 0 Å². The van der Waals surface area contributed by atoms with Crippen LogP contribution in [0.25, 0.3) is 0 Å². The summed E-state index contributed by atoms with van der Waals surface area (Å²) in [5.41, 5.74) is 0. The maximum absolute atomic E-state index is 9.57. The lowest BCUT2D eigenvalue weighted by Crippen LogP contribution is -2.55. The first kappa shape index (κ1) is 19.8. The van der Waals surface area contributed by atoms with E-state index in [0.29, 0.717) is 12.6 Å². The Kier molecular flexibility index (Phi) is 7.23. The molecule has 4 rings (SSSR count). The molecule has 1 aliphatic carbocycles. The molecule has 5 heteroatoms. The van der Waals surface area contributed by atoms with E-state index < -0.39 is 0 Å². The second-order valence-corrected chi connectivity index (χ2v) is 10.0. The molecule has 0 spiro atoms. The van der Waals surface area contributed by atoms with Crippen LogP contribution in [0.5, 0.6) is 0 Å². The summed E-state index contributed by atoms with van der Waals surface area (Å²) in [7, 11) is 0. The standard InChI is InChI=1S/C22H37N3OS/c26-15-10-20-16-24(13-14-25(20)19-6-2-3-7-19)18-22-9-8-21(27-22)17-23-11-4-1-5-12-23/h8-9,19-20,26H,1-7,10-18H2. The number of rotatable bonds is 7. The SMILES string of the molecule is OCCC1CN(Cc2ccc(CN3CCCCC3)s2)CCN1C1CCCC1. The molecule has 27 heavy (non-hydrogen) atoms. The highest BCUT2D eigenvalue weighted by atomic mass is 32.1. The van der Waals surface area contributed by atoms with Crippen molar-refractivity contribution in [1.82, 2.24) is 14.7 Å². The van der Waals surface area contributed by atoms with Gasteiger partial charge in [0.1, 0.15) is 0 Å². The number of piperazine rings is 1. The quantitative estimate of drug-likeness (QED) is 0.770. The fraction of sp³-hybridized carbons (Fsp3) is 0.818. The van der Waals surface area contributed by atoms with Crippen molar-refractivity contribution < 1.29 is 5.11 Å². The van der Waals surface area contributed by atoms with Crippen molar-refractivity contribution in [3.05, 3.63) is 21.9 Å². The topological polar surface area (TPSA) is 30.0 Å². The molecule has 3 aliphatic rings. The van der Waals surface area contributed by atoms with Crippen molar-refractivity contribution in [3.8, 4) is 0 Å². The Morgan fingerprint density at radius 1 is 0.852 bits per heavy atom. The van der Waals surface area contributed by atoms with Gasteiger partial charge in [-0.25, -0.2) is 0 Å². The summed E-state index contributed by atoms with van der Waals surface area (Å²) in [5.74, 6) is 0. The third-order valence-corrected chi connectivity index (χ3v) is 7.85. The first-order valence-corrected chi connectivity index (χ1v) is 12.0. The average Bonchev–Trinajstić information content (AvgIpc) is 3.36. The van der Waals surface area contributed by atoms with Crippen LogP contribution in [0.15, 0.2) is 12.1 Å². The Bertz CT molecular complexity index is 566. The van der Waals surface area contributed by atoms with Crippen molar-refractivity contribution >= 4 is 11.3 Å². The number of likely N-dealkylation sites (tertiary alicyclic amines) is 1. The summed E-state index contributed by atoms with van der Waals surface area (Å²) in [5, 5.41) is 9.57. The molecule has 0 radical (unpaired) electrons. The van der Waals surface area contributed by atoms with Gasteiger partial charge in [-0.1, -0.05) is 19.3 Å². The zero-order chi connectivity index (χ0) is 18.5. The summed E-state index contributed by atoms with van der Waals surface area (Å²) < 4.78 is 0. The first-order valence-electron chi connectivity index (χ1n) is 11.2. The van der Waals surface area contributed by atoms with Crippen LogP contribution in [0.1, 0.15) is 61.1 Å². The van der Waals surface area contributed by atoms with Crippen LogP contribution in [-0.4, -0.2) is 71.2 Å². The predicted molar refractivity (Wildman–Crippen MR) is 113 cm³/mol. The molecule has 3 heterocycles. The van der Waals surface area contributed by atoms with Gasteiger partial charge in [0, 0.05) is 61.2 Å². The highest BCUT2D eigenvalue weighted by Gasteiger charge is 2.33. The minimum absolute atomic E-state index is 0.320. The number of hydrogen-bond acceptors (Lipinski definition) is 5. The molecule has 1 aromatic heterocycles. The van der Waals surface area contributed by atoms with Gasteiger partial charge in [0.15, 0.2) is 0 Å². The Morgan fingerprint density at radius 3 is 2.26 bits per heavy atom. The molecule has 1 saturated carbocycles. The van der Waals surface area contributed by atoms with Gasteiger partial charge in [0.05, 0.1) is 0 Å². The van der Waals surface area contributed by atoms with Crippen molar-refractivity contribution in [2.24, 2.45) is 0 Å². The van der Waals surface area contributed by atoms with Gasteiger partial charge in [-0.05, 0) is 57.3 Å². The molecule has 0 aromatic carbocycles. The van der Waals surface area contributed by atoms with Gasteiger partial charge in [-0.2, -0.15) is 0 Å². The van der Waals surface area contributed by atoms with Crippen LogP contribution in [0.2, 0.25) is 0 Å². The zero-order valence-electron chi connectivity index (χ0n) is 16.8. The number of thiophene rings is 1. The molecular formula is C22H37N3OS. The largest absolute Gasteiger partial charge is 0.396 e. The number of aliphatic hydroxyl groups is 1. The fourth-order valence-electron chi connectivity index (χ4n) is 5.35. The Balaban J connectivity index is 1.30. The number of piperidine rings is 1. The predicted octanol–water partition coefficient (Wildman–Crippen LogP) is 3.55. The highest BCUT2D eigenvalue weighted by molar-refractivity contribution is 7.11. The minimum atomic E-state index is 0.320. The van der Waals surface area contributed by atoms with E-state index >= 15 is 0 Å². The number of nitrogens with zero attached hydrogens (tertiary/aromatic N) is 3. The lowest BCUT2D eigenvalue weighted by Gasteiger charge is -2.44. The fourth-order valence-corrected chi connectivity index (χ4v) is 6.45. The zero-order valence-corrected chi connectivity index (χ0v) is 17.6. The monoisotopic (exact) mass is 391 g/mol. The van der Waals surface area contributed by atoms with Crippen LogP contribution < -0.4 is 0 Å². The highest BCUT2D eigenvalue weighted by Crippen LogP contribution is 2.29. The Morgan fingerprint density at radius 2 is 1.56 bits per heavy atom. The van der Waals surface area contributed by atoms with Crippen molar-refractivity contribution in [3.63, 3.8) is 0 Å². The maximum atomic E-state index is 9.57. The van der Waals surface area contributed by atoms with E-state index in [-0.39, 0.29) is 0 Å². The summed E-state index contributed by atoms with van der Waals surface area (Å²) in [4.78, 5) is 11.0. The summed E-state index contributed by atoms with van der Waals surface area (Å²) in [6.07, 6.45) is 10.6. The Hall–Kier alpha value is -0.460. The molecule has 4 nitrogen and oxygen atoms in total. The van der Waals surface area contributed by atoms with Gasteiger partial charge in [-0.3, -0.25) is 14.7 Å². The second-order valence-electron chi connectivity index (χ2n) is 8.78. The average molecular weight is 392 g/mol. The molecule has 0 amide bonds. The Labute approximate surface area is 169 Å². The van der Waals surface area contributed by atoms with Crippen molar-refractivity contribution in [2.45, 2.75) is 76.5 Å².